The van der Waals surface area contributed by atoms with Crippen LogP contribution in [0.4, 0.5) is 0 Å². The van der Waals surface area contributed by atoms with E-state index in [2.05, 4.69) is 10.5 Å². The highest BCUT2D eigenvalue weighted by atomic mass is 35.5. The average molecular weight is 521 g/mol. The first-order chi connectivity index (χ1) is 17.4. The quantitative estimate of drug-likeness (QED) is 0.180. The van der Waals surface area contributed by atoms with Gasteiger partial charge in [-0.15, -0.1) is 0 Å². The van der Waals surface area contributed by atoms with Gasteiger partial charge in [-0.05, 0) is 83.9 Å². The molecule has 1 amide bonds. The molecule has 0 saturated carbocycles. The molecule has 0 aromatic heterocycles. The highest BCUT2D eigenvalue weighted by molar-refractivity contribution is 7.87. The second kappa shape index (κ2) is 11.5. The summed E-state index contributed by atoms with van der Waals surface area (Å²) in [5.74, 6) is 0.407. The summed E-state index contributed by atoms with van der Waals surface area (Å²) in [6.07, 6.45) is 1.44. The summed E-state index contributed by atoms with van der Waals surface area (Å²) < 4.78 is 35.4. The largest absolute Gasteiger partial charge is 0.489 e. The zero-order chi connectivity index (χ0) is 25.4. The van der Waals surface area contributed by atoms with Gasteiger partial charge in [0.05, 0.1) is 6.21 Å². The van der Waals surface area contributed by atoms with Gasteiger partial charge in [0.1, 0.15) is 23.0 Å². The second-order valence-corrected chi connectivity index (χ2v) is 9.54. The molecule has 0 atom stereocenters. The Morgan fingerprint density at radius 3 is 2.14 bits per heavy atom. The number of benzene rings is 4. The number of hydrogen-bond donors (Lipinski definition) is 1. The third-order valence-corrected chi connectivity index (χ3v) is 6.45. The lowest BCUT2D eigenvalue weighted by Gasteiger charge is -2.07. The fraction of sp³-hybridized carbons (Fsp3) is 0.0370. The highest BCUT2D eigenvalue weighted by Gasteiger charge is 2.15. The maximum Gasteiger partial charge on any atom is 0.339 e. The Kier molecular flexibility index (Phi) is 7.99. The normalized spacial score (nSPS) is 11.2. The van der Waals surface area contributed by atoms with E-state index in [1.807, 2.05) is 12.1 Å². The molecule has 9 heteroatoms. The van der Waals surface area contributed by atoms with Crippen LogP contribution in [0.3, 0.4) is 0 Å². The Hall–Kier alpha value is -4.14. The van der Waals surface area contributed by atoms with Crippen LogP contribution in [-0.4, -0.2) is 20.5 Å². The fourth-order valence-corrected chi connectivity index (χ4v) is 4.13. The molecular weight excluding hydrogens is 500 g/mol. The molecule has 0 radical (unpaired) electrons. The number of halogens is 1. The lowest BCUT2D eigenvalue weighted by atomic mass is 10.2. The van der Waals surface area contributed by atoms with E-state index in [9.17, 15) is 13.2 Å². The molecule has 0 aliphatic rings. The SMILES string of the molecule is O=C(N/N=C/c1ccc(OS(=O)(=O)c2ccccc2)cc1)c1ccc(OCc2ccc(Cl)cc2)cc1. The Bertz CT molecular complexity index is 1440. The van der Waals surface area contributed by atoms with E-state index in [4.69, 9.17) is 20.5 Å². The van der Waals surface area contributed by atoms with E-state index in [1.165, 1.54) is 30.5 Å². The van der Waals surface area contributed by atoms with Gasteiger partial charge in [0.15, 0.2) is 0 Å². The van der Waals surface area contributed by atoms with Crippen LogP contribution in [0.25, 0.3) is 0 Å². The Balaban J connectivity index is 1.27. The van der Waals surface area contributed by atoms with Gasteiger partial charge in [-0.2, -0.15) is 13.5 Å². The van der Waals surface area contributed by atoms with Crippen LogP contribution in [0.5, 0.6) is 11.5 Å². The van der Waals surface area contributed by atoms with Crippen molar-refractivity contribution in [3.05, 3.63) is 125 Å². The summed E-state index contributed by atoms with van der Waals surface area (Å²) in [4.78, 5) is 12.4. The molecule has 0 heterocycles. The van der Waals surface area contributed by atoms with Gasteiger partial charge in [-0.1, -0.05) is 41.9 Å². The van der Waals surface area contributed by atoms with Crippen molar-refractivity contribution in [1.82, 2.24) is 5.43 Å². The van der Waals surface area contributed by atoms with E-state index in [0.717, 1.165) is 5.56 Å². The molecule has 0 bridgehead atoms. The topological polar surface area (TPSA) is 94.1 Å². The molecule has 0 unspecified atom stereocenters. The number of carbonyl (C=O) groups excluding carboxylic acids is 1. The van der Waals surface area contributed by atoms with Gasteiger partial charge in [0, 0.05) is 10.6 Å². The first-order valence-corrected chi connectivity index (χ1v) is 12.6. The predicted octanol–water partition coefficient (Wildman–Crippen LogP) is 5.45. The first-order valence-electron chi connectivity index (χ1n) is 10.8. The van der Waals surface area contributed by atoms with Gasteiger partial charge in [-0.3, -0.25) is 4.79 Å². The molecule has 4 aromatic carbocycles. The number of hydrazone groups is 1. The zero-order valence-corrected chi connectivity index (χ0v) is 20.4. The number of hydrogen-bond acceptors (Lipinski definition) is 6. The molecule has 4 aromatic rings. The minimum absolute atomic E-state index is 0.0690. The smallest absolute Gasteiger partial charge is 0.339 e. The molecule has 4 rings (SSSR count). The van der Waals surface area contributed by atoms with Crippen molar-refractivity contribution >= 4 is 33.8 Å². The number of rotatable bonds is 9. The Labute approximate surface area is 214 Å². The fourth-order valence-electron chi connectivity index (χ4n) is 3.05. The second-order valence-electron chi connectivity index (χ2n) is 7.56. The maximum atomic E-state index is 12.3. The maximum absolute atomic E-state index is 12.3. The van der Waals surface area contributed by atoms with Gasteiger partial charge in [0.25, 0.3) is 5.91 Å². The van der Waals surface area contributed by atoms with Gasteiger partial charge >= 0.3 is 10.1 Å². The van der Waals surface area contributed by atoms with Crippen LogP contribution >= 0.6 is 11.6 Å². The Morgan fingerprint density at radius 2 is 1.47 bits per heavy atom. The lowest BCUT2D eigenvalue weighted by Crippen LogP contribution is -2.17. The van der Waals surface area contributed by atoms with Gasteiger partial charge in [0.2, 0.25) is 0 Å². The number of carbonyl (C=O) groups is 1. The molecule has 182 valence electrons. The highest BCUT2D eigenvalue weighted by Crippen LogP contribution is 2.19. The molecule has 0 spiro atoms. The van der Waals surface area contributed by atoms with Gasteiger partial charge in [-0.25, -0.2) is 5.43 Å². The minimum atomic E-state index is -3.91. The molecule has 0 saturated heterocycles. The van der Waals surface area contributed by atoms with E-state index >= 15 is 0 Å². The third kappa shape index (κ3) is 6.94. The lowest BCUT2D eigenvalue weighted by molar-refractivity contribution is 0.0955. The summed E-state index contributed by atoms with van der Waals surface area (Å²) >= 11 is 5.88. The van der Waals surface area contributed by atoms with E-state index in [0.29, 0.717) is 28.5 Å². The first kappa shape index (κ1) is 25.0. The van der Waals surface area contributed by atoms with Crippen molar-refractivity contribution in [2.45, 2.75) is 11.5 Å². The summed E-state index contributed by atoms with van der Waals surface area (Å²) in [5.41, 5.74) is 4.50. The predicted molar refractivity (Wildman–Crippen MR) is 138 cm³/mol. The van der Waals surface area contributed by atoms with Crippen molar-refractivity contribution in [3.8, 4) is 11.5 Å². The zero-order valence-electron chi connectivity index (χ0n) is 18.9. The molecule has 0 aliphatic heterocycles. The van der Waals surface area contributed by atoms with Crippen molar-refractivity contribution < 1.29 is 22.1 Å². The molecule has 7 nitrogen and oxygen atoms in total. The van der Waals surface area contributed by atoms with Crippen molar-refractivity contribution in [3.63, 3.8) is 0 Å². The molecule has 36 heavy (non-hydrogen) atoms. The van der Waals surface area contributed by atoms with Gasteiger partial charge < -0.3 is 8.92 Å². The van der Waals surface area contributed by atoms with Crippen LogP contribution in [-0.2, 0) is 16.7 Å². The van der Waals surface area contributed by atoms with Crippen LogP contribution in [0.2, 0.25) is 5.02 Å². The molecule has 1 N–H and O–H groups in total. The van der Waals surface area contributed by atoms with Crippen LogP contribution < -0.4 is 14.3 Å². The number of ether oxygens (including phenoxy) is 1. The summed E-state index contributed by atoms with van der Waals surface area (Å²) in [5, 5.41) is 4.61. The van der Waals surface area contributed by atoms with Crippen LogP contribution in [0, 0.1) is 0 Å². The Morgan fingerprint density at radius 1 is 0.833 bits per heavy atom. The summed E-state index contributed by atoms with van der Waals surface area (Å²) in [6, 6.07) is 28.2. The van der Waals surface area contributed by atoms with Crippen LogP contribution in [0.1, 0.15) is 21.5 Å². The van der Waals surface area contributed by atoms with E-state index in [1.54, 1.807) is 66.7 Å². The molecular formula is C27H21ClN2O5S. The van der Waals surface area contributed by atoms with Crippen molar-refractivity contribution in [1.29, 1.82) is 0 Å². The number of nitrogens with one attached hydrogen (secondary N) is 1. The number of nitrogens with zero attached hydrogens (tertiary/aromatic N) is 1. The monoisotopic (exact) mass is 520 g/mol. The summed E-state index contributed by atoms with van der Waals surface area (Å²) in [7, 11) is -3.91. The van der Waals surface area contributed by atoms with Crippen LogP contribution in [0.15, 0.2) is 113 Å². The molecule has 0 fully saturated rings. The minimum Gasteiger partial charge on any atom is -0.489 e. The average Bonchev–Trinajstić information content (AvgIpc) is 2.90. The van der Waals surface area contributed by atoms with E-state index < -0.39 is 10.1 Å². The van der Waals surface area contributed by atoms with E-state index in [-0.39, 0.29) is 16.6 Å². The van der Waals surface area contributed by atoms with Crippen molar-refractivity contribution in [2.75, 3.05) is 0 Å². The number of amides is 1. The standard InChI is InChI=1S/C27H21ClN2O5S/c28-23-12-6-21(7-13-23)19-34-24-16-10-22(11-17-24)27(31)30-29-18-20-8-14-25(15-9-20)35-36(32,33)26-4-2-1-3-5-26/h1-18H,19H2,(H,30,31)/b29-18+. The third-order valence-electron chi connectivity index (χ3n) is 4.93. The van der Waals surface area contributed by atoms with Crippen molar-refractivity contribution in [2.24, 2.45) is 5.10 Å². The molecule has 0 aliphatic carbocycles. The summed E-state index contributed by atoms with van der Waals surface area (Å²) in [6.45, 7) is 0.384.